The van der Waals surface area contributed by atoms with E-state index in [1.165, 1.54) is 66.8 Å². The third kappa shape index (κ3) is 3.49. The lowest BCUT2D eigenvalue weighted by molar-refractivity contribution is 0.0856. The van der Waals surface area contributed by atoms with Gasteiger partial charge in [0.15, 0.2) is 5.75 Å². The maximum atomic E-state index is 6.44. The van der Waals surface area contributed by atoms with Crippen LogP contribution in [-0.2, 0) is 0 Å². The number of furan rings is 1. The molecule has 1 aromatic heterocycles. The van der Waals surface area contributed by atoms with Crippen LogP contribution in [-0.4, -0.2) is 18.2 Å². The van der Waals surface area contributed by atoms with Crippen molar-refractivity contribution in [2.75, 3.05) is 9.80 Å². The number of hydrogen-bond donors (Lipinski definition) is 0. The second-order valence-corrected chi connectivity index (χ2v) is 11.6. The summed E-state index contributed by atoms with van der Waals surface area (Å²) in [5.74, 6) is 3.05. The van der Waals surface area contributed by atoms with E-state index >= 15 is 0 Å². The van der Waals surface area contributed by atoms with E-state index in [1.54, 1.807) is 0 Å². The molecule has 0 bridgehead atoms. The maximum Gasteiger partial charge on any atom is 0.181 e. The third-order valence-corrected chi connectivity index (χ3v) is 9.75. The fourth-order valence-corrected chi connectivity index (χ4v) is 8.23. The van der Waals surface area contributed by atoms with Crippen molar-refractivity contribution in [1.29, 1.82) is 0 Å². The zero-order valence-electron chi connectivity index (χ0n) is 21.7. The molecule has 8 rings (SSSR count). The summed E-state index contributed by atoms with van der Waals surface area (Å²) in [7, 11) is 0. The first kappa shape index (κ1) is 22.3. The number of rotatable bonds is 4. The van der Waals surface area contributed by atoms with Crippen molar-refractivity contribution in [1.82, 2.24) is 0 Å². The Labute approximate surface area is 224 Å². The van der Waals surface area contributed by atoms with Gasteiger partial charge in [0.25, 0.3) is 0 Å². The highest BCUT2D eigenvalue weighted by molar-refractivity contribution is 5.76. The predicted octanol–water partition coefficient (Wildman–Crippen LogP) is 8.45. The van der Waals surface area contributed by atoms with Gasteiger partial charge in [0, 0.05) is 23.1 Å². The Morgan fingerprint density at radius 1 is 0.684 bits per heavy atom. The normalized spacial score (nSPS) is 29.1. The Balaban J connectivity index is 1.07. The fraction of sp³-hybridized carbons (Fsp3) is 0.353. The summed E-state index contributed by atoms with van der Waals surface area (Å²) in [5, 5.41) is 0. The van der Waals surface area contributed by atoms with E-state index in [0.717, 1.165) is 17.6 Å². The molecule has 2 aliphatic heterocycles. The topological polar surface area (TPSA) is 28.9 Å². The standard InChI is InChI=1S/C34H34N2O2/c1-3-8-25(9-4-1)35(26-10-5-2-6-11-26)27-17-14-23(15-18-27)24-16-19-30-29(20-24)28-12-7-13-32-34(28)36(30)31-21-37-22-33(31)38-32/h1-6,8-11,14-15,17-18,21-22,24,28-30,32,34H,7,12-13,16,19-20H2. The van der Waals surface area contributed by atoms with Crippen molar-refractivity contribution in [2.24, 2.45) is 11.8 Å². The van der Waals surface area contributed by atoms with E-state index in [0.29, 0.717) is 24.1 Å². The Hall–Kier alpha value is -3.66. The van der Waals surface area contributed by atoms with Gasteiger partial charge in [-0.05, 0) is 98.2 Å². The van der Waals surface area contributed by atoms with E-state index in [1.807, 2.05) is 12.5 Å². The molecule has 6 unspecified atom stereocenters. The van der Waals surface area contributed by atoms with Crippen molar-refractivity contribution < 1.29 is 9.15 Å². The number of nitrogens with zero attached hydrogens (tertiary/aromatic N) is 2. The van der Waals surface area contributed by atoms with Gasteiger partial charge in [0.05, 0.1) is 6.04 Å². The number of ether oxygens (including phenoxy) is 1. The van der Waals surface area contributed by atoms with Crippen molar-refractivity contribution in [3.8, 4) is 5.75 Å². The molecule has 0 amide bonds. The van der Waals surface area contributed by atoms with Gasteiger partial charge in [-0.15, -0.1) is 0 Å². The average Bonchev–Trinajstić information content (AvgIpc) is 3.58. The minimum atomic E-state index is 0.323. The Morgan fingerprint density at radius 3 is 2.13 bits per heavy atom. The lowest BCUT2D eigenvalue weighted by Gasteiger charge is -2.44. The van der Waals surface area contributed by atoms with Gasteiger partial charge in [-0.25, -0.2) is 0 Å². The van der Waals surface area contributed by atoms with Gasteiger partial charge in [0.1, 0.15) is 24.3 Å². The SMILES string of the molecule is c1ccc(N(c2ccccc2)c2ccc(C3CCC4C(C3)C3CCCC5Oc6cocc6N4C53)cc2)cc1. The van der Waals surface area contributed by atoms with Crippen LogP contribution in [0.4, 0.5) is 22.7 Å². The molecule has 6 atom stereocenters. The van der Waals surface area contributed by atoms with Crippen LogP contribution in [0, 0.1) is 11.8 Å². The summed E-state index contributed by atoms with van der Waals surface area (Å²) < 4.78 is 12.1. The van der Waals surface area contributed by atoms with Crippen molar-refractivity contribution in [3.05, 3.63) is 103 Å². The molecule has 38 heavy (non-hydrogen) atoms. The van der Waals surface area contributed by atoms with Gasteiger partial charge >= 0.3 is 0 Å². The Kier molecular flexibility index (Phi) is 5.27. The van der Waals surface area contributed by atoms with E-state index in [9.17, 15) is 0 Å². The minimum Gasteiger partial charge on any atom is -0.483 e. The molecule has 0 spiro atoms. The monoisotopic (exact) mass is 502 g/mol. The zero-order chi connectivity index (χ0) is 25.1. The summed E-state index contributed by atoms with van der Waals surface area (Å²) >= 11 is 0. The highest BCUT2D eigenvalue weighted by Gasteiger charge is 2.57. The number of fused-ring (bicyclic) bond motifs is 5. The summed E-state index contributed by atoms with van der Waals surface area (Å²) in [5.41, 5.74) is 6.27. The Morgan fingerprint density at radius 2 is 1.39 bits per heavy atom. The van der Waals surface area contributed by atoms with Crippen LogP contribution in [0.15, 0.2) is 102 Å². The molecule has 4 heteroatoms. The summed E-state index contributed by atoms with van der Waals surface area (Å²) in [6.07, 6.45) is 11.6. The predicted molar refractivity (Wildman–Crippen MR) is 152 cm³/mol. The molecule has 1 saturated heterocycles. The quantitative estimate of drug-likeness (QED) is 0.280. The molecule has 2 aliphatic carbocycles. The molecule has 2 saturated carbocycles. The largest absolute Gasteiger partial charge is 0.483 e. The van der Waals surface area contributed by atoms with Crippen LogP contribution in [0.5, 0.6) is 5.75 Å². The first-order valence-electron chi connectivity index (χ1n) is 14.4. The molecular weight excluding hydrogens is 468 g/mol. The number of para-hydroxylation sites is 2. The molecule has 192 valence electrons. The van der Waals surface area contributed by atoms with E-state index in [2.05, 4.69) is 94.7 Å². The second-order valence-electron chi connectivity index (χ2n) is 11.6. The molecule has 3 aromatic carbocycles. The maximum absolute atomic E-state index is 6.44. The van der Waals surface area contributed by atoms with Crippen LogP contribution < -0.4 is 14.5 Å². The molecule has 0 radical (unpaired) electrons. The smallest absolute Gasteiger partial charge is 0.181 e. The first-order valence-corrected chi connectivity index (χ1v) is 14.4. The molecule has 3 heterocycles. The highest BCUT2D eigenvalue weighted by Crippen LogP contribution is 2.57. The number of anilines is 4. The van der Waals surface area contributed by atoms with Crippen molar-refractivity contribution in [2.45, 2.75) is 62.6 Å². The number of benzene rings is 3. The second kappa shape index (κ2) is 8.97. The van der Waals surface area contributed by atoms with Gasteiger partial charge in [-0.2, -0.15) is 0 Å². The zero-order valence-corrected chi connectivity index (χ0v) is 21.7. The molecule has 3 fully saturated rings. The molecular formula is C34H34N2O2. The summed E-state index contributed by atoms with van der Waals surface area (Å²) in [6, 6.07) is 31.9. The van der Waals surface area contributed by atoms with Gasteiger partial charge < -0.3 is 19.0 Å². The van der Waals surface area contributed by atoms with E-state index in [-0.39, 0.29) is 0 Å². The van der Waals surface area contributed by atoms with E-state index < -0.39 is 0 Å². The van der Waals surface area contributed by atoms with Crippen molar-refractivity contribution in [3.63, 3.8) is 0 Å². The van der Waals surface area contributed by atoms with Gasteiger partial charge in [-0.1, -0.05) is 48.5 Å². The van der Waals surface area contributed by atoms with Gasteiger partial charge in [0.2, 0.25) is 0 Å². The highest BCUT2D eigenvalue weighted by atomic mass is 16.5. The number of hydrogen-bond acceptors (Lipinski definition) is 4. The lowest BCUT2D eigenvalue weighted by atomic mass is 9.68. The molecule has 4 aromatic rings. The Bertz CT molecular complexity index is 1360. The van der Waals surface area contributed by atoms with Crippen molar-refractivity contribution >= 4 is 22.7 Å². The molecule has 4 nitrogen and oxygen atoms in total. The third-order valence-electron chi connectivity index (χ3n) is 9.75. The molecule has 4 aliphatic rings. The summed E-state index contributed by atoms with van der Waals surface area (Å²) in [4.78, 5) is 5.08. The lowest BCUT2D eigenvalue weighted by Crippen LogP contribution is -2.52. The minimum absolute atomic E-state index is 0.323. The molecule has 0 N–H and O–H groups in total. The first-order chi connectivity index (χ1) is 18.8. The van der Waals surface area contributed by atoms with Gasteiger partial charge in [-0.3, -0.25) is 0 Å². The van der Waals surface area contributed by atoms with Crippen LogP contribution in [0.1, 0.15) is 50.0 Å². The average molecular weight is 503 g/mol. The fourth-order valence-electron chi connectivity index (χ4n) is 8.23. The van der Waals surface area contributed by atoms with Crippen LogP contribution in [0.3, 0.4) is 0 Å². The van der Waals surface area contributed by atoms with E-state index in [4.69, 9.17) is 9.15 Å². The van der Waals surface area contributed by atoms with Crippen LogP contribution in [0.25, 0.3) is 0 Å². The van der Waals surface area contributed by atoms with Crippen LogP contribution >= 0.6 is 0 Å². The summed E-state index contributed by atoms with van der Waals surface area (Å²) in [6.45, 7) is 0. The van der Waals surface area contributed by atoms with Crippen LogP contribution in [0.2, 0.25) is 0 Å².